The molecule has 0 aromatic heterocycles. The molecule has 2 rings (SSSR count). The van der Waals surface area contributed by atoms with Crippen LogP contribution in [0.4, 0.5) is 4.39 Å². The molecule has 1 unspecified atom stereocenters. The van der Waals surface area contributed by atoms with E-state index in [0.717, 1.165) is 0 Å². The lowest BCUT2D eigenvalue weighted by molar-refractivity contribution is -0.124. The first-order valence-corrected chi connectivity index (χ1v) is 7.21. The molecule has 1 fully saturated rings. The van der Waals surface area contributed by atoms with Crippen molar-refractivity contribution in [3.8, 4) is 6.07 Å². The van der Waals surface area contributed by atoms with Crippen molar-refractivity contribution in [2.45, 2.75) is 31.9 Å². The van der Waals surface area contributed by atoms with Crippen LogP contribution in [0.2, 0.25) is 5.02 Å². The van der Waals surface area contributed by atoms with E-state index in [9.17, 15) is 9.18 Å². The quantitative estimate of drug-likeness (QED) is 0.930. The van der Waals surface area contributed by atoms with Gasteiger partial charge in [0.05, 0.1) is 17.1 Å². The maximum atomic E-state index is 13.5. The zero-order valence-electron chi connectivity index (χ0n) is 11.6. The molecule has 0 saturated carbocycles. The van der Waals surface area contributed by atoms with Crippen molar-refractivity contribution in [2.75, 3.05) is 6.61 Å². The largest absolute Gasteiger partial charge is 0.371 e. The molecule has 0 radical (unpaired) electrons. The van der Waals surface area contributed by atoms with Gasteiger partial charge in [-0.25, -0.2) is 4.39 Å². The molecule has 1 aromatic carbocycles. The average Bonchev–Trinajstić information content (AvgIpc) is 2.91. The van der Waals surface area contributed by atoms with Crippen LogP contribution in [0.25, 0.3) is 0 Å². The molecule has 4 nitrogen and oxygen atoms in total. The first-order chi connectivity index (χ1) is 10.1. The maximum Gasteiger partial charge on any atom is 0.237 e. The number of halogens is 2. The summed E-state index contributed by atoms with van der Waals surface area (Å²) in [7, 11) is 0. The lowest BCUT2D eigenvalue weighted by Crippen LogP contribution is -2.40. The Morgan fingerprint density at radius 1 is 1.67 bits per heavy atom. The summed E-state index contributed by atoms with van der Waals surface area (Å²) in [6, 6.07) is 6.17. The van der Waals surface area contributed by atoms with Gasteiger partial charge < -0.3 is 10.1 Å². The van der Waals surface area contributed by atoms with E-state index in [1.54, 1.807) is 13.0 Å². The summed E-state index contributed by atoms with van der Waals surface area (Å²) in [5, 5.41) is 11.8. The van der Waals surface area contributed by atoms with Crippen molar-refractivity contribution in [3.63, 3.8) is 0 Å². The Morgan fingerprint density at radius 3 is 3.05 bits per heavy atom. The van der Waals surface area contributed by atoms with E-state index in [1.165, 1.54) is 12.1 Å². The SMILES string of the molecule is CCC(C#N)C(=O)N[C@@H]1CCO[C@H]1c1ccc(Cl)c(F)c1. The molecule has 21 heavy (non-hydrogen) atoms. The molecule has 1 aliphatic rings. The summed E-state index contributed by atoms with van der Waals surface area (Å²) >= 11 is 5.67. The highest BCUT2D eigenvalue weighted by atomic mass is 35.5. The fourth-order valence-corrected chi connectivity index (χ4v) is 2.49. The first kappa shape index (κ1) is 15.7. The smallest absolute Gasteiger partial charge is 0.237 e. The molecular formula is C15H16ClFN2O2. The van der Waals surface area contributed by atoms with Crippen LogP contribution in [0, 0.1) is 23.1 Å². The molecule has 1 heterocycles. The molecule has 3 atom stereocenters. The van der Waals surface area contributed by atoms with Gasteiger partial charge in [0.2, 0.25) is 5.91 Å². The van der Waals surface area contributed by atoms with Crippen LogP contribution < -0.4 is 5.32 Å². The van der Waals surface area contributed by atoms with Gasteiger partial charge in [-0.2, -0.15) is 5.26 Å². The average molecular weight is 311 g/mol. The predicted molar refractivity (Wildman–Crippen MR) is 76.0 cm³/mol. The summed E-state index contributed by atoms with van der Waals surface area (Å²) in [4.78, 5) is 12.0. The Bertz CT molecular complexity index is 573. The molecule has 0 spiro atoms. The lowest BCUT2D eigenvalue weighted by atomic mass is 10.0. The molecular weight excluding hydrogens is 295 g/mol. The van der Waals surface area contributed by atoms with Crippen LogP contribution >= 0.6 is 11.6 Å². The Balaban J connectivity index is 2.12. The third kappa shape index (κ3) is 3.52. The summed E-state index contributed by atoms with van der Waals surface area (Å²) in [5.74, 6) is -1.50. The Morgan fingerprint density at radius 2 is 2.43 bits per heavy atom. The second-order valence-electron chi connectivity index (χ2n) is 4.96. The van der Waals surface area contributed by atoms with Gasteiger partial charge in [-0.15, -0.1) is 0 Å². The molecule has 112 valence electrons. The summed E-state index contributed by atoms with van der Waals surface area (Å²) in [6.45, 7) is 2.26. The van der Waals surface area contributed by atoms with Gasteiger partial charge in [0.25, 0.3) is 0 Å². The number of nitrogens with one attached hydrogen (secondary N) is 1. The summed E-state index contributed by atoms with van der Waals surface area (Å²) in [6.07, 6.45) is 0.662. The van der Waals surface area contributed by atoms with Crippen LogP contribution in [0.5, 0.6) is 0 Å². The zero-order chi connectivity index (χ0) is 15.4. The number of carbonyl (C=O) groups excluding carboxylic acids is 1. The summed E-state index contributed by atoms with van der Waals surface area (Å²) in [5.41, 5.74) is 0.629. The lowest BCUT2D eigenvalue weighted by Gasteiger charge is -2.21. The van der Waals surface area contributed by atoms with E-state index in [4.69, 9.17) is 21.6 Å². The van der Waals surface area contributed by atoms with E-state index in [0.29, 0.717) is 25.0 Å². The molecule has 1 saturated heterocycles. The van der Waals surface area contributed by atoms with E-state index < -0.39 is 17.8 Å². The highest BCUT2D eigenvalue weighted by Crippen LogP contribution is 2.31. The van der Waals surface area contributed by atoms with E-state index in [2.05, 4.69) is 5.32 Å². The van der Waals surface area contributed by atoms with E-state index >= 15 is 0 Å². The normalized spacial score (nSPS) is 22.6. The second kappa shape index (κ2) is 6.88. The van der Waals surface area contributed by atoms with Gasteiger partial charge in [0.15, 0.2) is 0 Å². The number of hydrogen-bond acceptors (Lipinski definition) is 3. The fourth-order valence-electron chi connectivity index (χ4n) is 2.37. The van der Waals surface area contributed by atoms with Crippen molar-refractivity contribution in [1.29, 1.82) is 5.26 Å². The third-order valence-corrected chi connectivity index (χ3v) is 3.88. The Labute approximate surface area is 127 Å². The van der Waals surface area contributed by atoms with Gasteiger partial charge in [0, 0.05) is 6.61 Å². The number of benzene rings is 1. The Hall–Kier alpha value is -1.64. The van der Waals surface area contributed by atoms with Crippen molar-refractivity contribution in [1.82, 2.24) is 5.32 Å². The van der Waals surface area contributed by atoms with Gasteiger partial charge in [-0.1, -0.05) is 24.6 Å². The highest BCUT2D eigenvalue weighted by molar-refractivity contribution is 6.30. The van der Waals surface area contributed by atoms with Crippen molar-refractivity contribution < 1.29 is 13.9 Å². The minimum Gasteiger partial charge on any atom is -0.371 e. The topological polar surface area (TPSA) is 62.1 Å². The van der Waals surface area contributed by atoms with E-state index in [1.807, 2.05) is 6.07 Å². The van der Waals surface area contributed by atoms with Gasteiger partial charge in [-0.05, 0) is 30.5 Å². The number of amides is 1. The third-order valence-electron chi connectivity index (χ3n) is 3.57. The van der Waals surface area contributed by atoms with Crippen molar-refractivity contribution in [3.05, 3.63) is 34.6 Å². The second-order valence-corrected chi connectivity index (χ2v) is 5.37. The number of carbonyl (C=O) groups is 1. The number of nitrogens with zero attached hydrogens (tertiary/aromatic N) is 1. The minimum absolute atomic E-state index is 0.0489. The van der Waals surface area contributed by atoms with Crippen LogP contribution in [0.1, 0.15) is 31.4 Å². The number of hydrogen-bond donors (Lipinski definition) is 1. The van der Waals surface area contributed by atoms with Crippen LogP contribution in [0.15, 0.2) is 18.2 Å². The van der Waals surface area contributed by atoms with Crippen LogP contribution in [0.3, 0.4) is 0 Å². The first-order valence-electron chi connectivity index (χ1n) is 6.83. The molecule has 0 bridgehead atoms. The summed E-state index contributed by atoms with van der Waals surface area (Å²) < 4.78 is 19.1. The molecule has 1 aromatic rings. The van der Waals surface area contributed by atoms with Crippen molar-refractivity contribution in [2.24, 2.45) is 5.92 Å². The zero-order valence-corrected chi connectivity index (χ0v) is 12.4. The molecule has 0 aliphatic carbocycles. The minimum atomic E-state index is -0.673. The van der Waals surface area contributed by atoms with E-state index in [-0.39, 0.29) is 17.0 Å². The molecule has 6 heteroatoms. The molecule has 1 aliphatic heterocycles. The number of ether oxygens (including phenoxy) is 1. The van der Waals surface area contributed by atoms with Crippen LogP contribution in [-0.4, -0.2) is 18.6 Å². The standard InChI is InChI=1S/C15H16ClFN2O2/c1-2-9(8-18)15(20)19-13-5-6-21-14(13)10-3-4-11(16)12(17)7-10/h3-4,7,9,13-14H,2,5-6H2,1H3,(H,19,20)/t9?,13-,14+/m1/s1. The number of rotatable bonds is 4. The molecule has 1 amide bonds. The van der Waals surface area contributed by atoms with Gasteiger partial charge in [0.1, 0.15) is 17.8 Å². The van der Waals surface area contributed by atoms with Gasteiger partial charge >= 0.3 is 0 Å². The fraction of sp³-hybridized carbons (Fsp3) is 0.467. The highest BCUT2D eigenvalue weighted by Gasteiger charge is 2.32. The van der Waals surface area contributed by atoms with Crippen LogP contribution in [-0.2, 0) is 9.53 Å². The molecule has 1 N–H and O–H groups in total. The van der Waals surface area contributed by atoms with Crippen molar-refractivity contribution >= 4 is 17.5 Å². The Kier molecular flexibility index (Phi) is 5.16. The number of nitriles is 1. The maximum absolute atomic E-state index is 13.5. The van der Waals surface area contributed by atoms with Gasteiger partial charge in [-0.3, -0.25) is 4.79 Å². The monoisotopic (exact) mass is 310 g/mol. The predicted octanol–water partition coefficient (Wildman–Crippen LogP) is 2.98.